The predicted molar refractivity (Wildman–Crippen MR) is 127 cm³/mol. The summed E-state index contributed by atoms with van der Waals surface area (Å²) in [5.41, 5.74) is 1.22. The van der Waals surface area contributed by atoms with E-state index in [1.165, 1.54) is 4.90 Å². The van der Waals surface area contributed by atoms with Crippen LogP contribution in [0.3, 0.4) is 0 Å². The molecule has 0 bridgehead atoms. The molecule has 3 rings (SSSR count). The summed E-state index contributed by atoms with van der Waals surface area (Å²) in [6, 6.07) is 7.65. The van der Waals surface area contributed by atoms with Gasteiger partial charge in [-0.15, -0.1) is 11.6 Å². The number of aromatic amines is 1. The second kappa shape index (κ2) is 10.8. The van der Waals surface area contributed by atoms with E-state index >= 15 is 0 Å². The number of likely N-dealkylation sites (N-methyl/N-ethyl adjacent to an activating group) is 1. The fraction of sp³-hybridized carbons (Fsp3) is 0.500. The van der Waals surface area contributed by atoms with Crippen LogP contribution in [-0.2, 0) is 14.4 Å². The molecule has 178 valence electrons. The summed E-state index contributed by atoms with van der Waals surface area (Å²) < 4.78 is 0. The van der Waals surface area contributed by atoms with Crippen LogP contribution in [0.1, 0.15) is 43.6 Å². The normalized spacial score (nSPS) is 17.6. The number of carbonyl (C=O) groups excluding carboxylic acids is 4. The third kappa shape index (κ3) is 5.93. The van der Waals surface area contributed by atoms with Gasteiger partial charge in [-0.3, -0.25) is 19.2 Å². The van der Waals surface area contributed by atoms with E-state index in [2.05, 4.69) is 15.6 Å². The van der Waals surface area contributed by atoms with Crippen molar-refractivity contribution in [1.82, 2.24) is 20.5 Å². The number of alkyl halides is 1. The molecule has 3 atom stereocenters. The largest absolute Gasteiger partial charge is 0.356 e. The Morgan fingerprint density at radius 1 is 1.24 bits per heavy atom. The summed E-state index contributed by atoms with van der Waals surface area (Å²) >= 11 is 5.78. The van der Waals surface area contributed by atoms with Gasteiger partial charge < -0.3 is 20.5 Å². The number of halogens is 1. The molecule has 1 fully saturated rings. The highest BCUT2D eigenvalue weighted by Crippen LogP contribution is 2.20. The smallest absolute Gasteiger partial charge is 0.270 e. The predicted octanol–water partition coefficient (Wildman–Crippen LogP) is 2.47. The summed E-state index contributed by atoms with van der Waals surface area (Å²) in [7, 11) is 1.59. The fourth-order valence-corrected chi connectivity index (χ4v) is 4.38. The van der Waals surface area contributed by atoms with Gasteiger partial charge in [0, 0.05) is 30.4 Å². The molecule has 1 aromatic carbocycles. The highest BCUT2D eigenvalue weighted by molar-refractivity contribution is 6.28. The second-order valence-electron chi connectivity index (χ2n) is 9.01. The van der Waals surface area contributed by atoms with Gasteiger partial charge in [-0.05, 0) is 37.3 Å². The molecular weight excluding hydrogens is 444 g/mol. The number of carbonyl (C=O) groups is 4. The molecule has 3 N–H and O–H groups in total. The van der Waals surface area contributed by atoms with Crippen molar-refractivity contribution in [2.24, 2.45) is 11.8 Å². The minimum absolute atomic E-state index is 0.124. The minimum atomic E-state index is -0.880. The standard InChI is InChI=1S/C24H31ClN4O4/c1-14(2)10-20(29(3)24(33)19-11-15-6-4-5-7-17(15)27-19)23(32)28-18(21(30)13-25)12-16-8-9-26-22(16)31/h4-7,11,14,16,18,20,27H,8-10,12-13H2,1-3H3,(H,26,31)(H,28,32)/t16?,18-,20+/m0/s1. The number of amides is 3. The Bertz CT molecular complexity index is 1000. The van der Waals surface area contributed by atoms with E-state index in [4.69, 9.17) is 11.6 Å². The maximum Gasteiger partial charge on any atom is 0.270 e. The lowest BCUT2D eigenvalue weighted by atomic mass is 9.95. The molecule has 33 heavy (non-hydrogen) atoms. The van der Waals surface area contributed by atoms with Crippen molar-refractivity contribution in [3.8, 4) is 0 Å². The van der Waals surface area contributed by atoms with Gasteiger partial charge in [-0.25, -0.2) is 0 Å². The lowest BCUT2D eigenvalue weighted by Crippen LogP contribution is -2.53. The number of H-pyrrole nitrogens is 1. The molecule has 2 heterocycles. The van der Waals surface area contributed by atoms with Gasteiger partial charge in [-0.2, -0.15) is 0 Å². The molecule has 2 aromatic rings. The Hall–Kier alpha value is -2.87. The monoisotopic (exact) mass is 474 g/mol. The number of rotatable bonds is 10. The molecule has 0 spiro atoms. The zero-order valence-corrected chi connectivity index (χ0v) is 19.9. The molecule has 0 aliphatic carbocycles. The van der Waals surface area contributed by atoms with Crippen molar-refractivity contribution in [2.75, 3.05) is 19.5 Å². The summed E-state index contributed by atoms with van der Waals surface area (Å²) in [6.07, 6.45) is 1.21. The summed E-state index contributed by atoms with van der Waals surface area (Å²) in [5, 5.41) is 6.43. The van der Waals surface area contributed by atoms with Gasteiger partial charge in [0.25, 0.3) is 5.91 Å². The number of ketones is 1. The van der Waals surface area contributed by atoms with Crippen LogP contribution < -0.4 is 10.6 Å². The Morgan fingerprint density at radius 2 is 1.97 bits per heavy atom. The topological polar surface area (TPSA) is 111 Å². The van der Waals surface area contributed by atoms with Gasteiger partial charge in [-0.1, -0.05) is 32.0 Å². The molecule has 0 radical (unpaired) electrons. The molecule has 9 heteroatoms. The van der Waals surface area contributed by atoms with E-state index in [-0.39, 0.29) is 41.7 Å². The van der Waals surface area contributed by atoms with Crippen LogP contribution in [0.4, 0.5) is 0 Å². The van der Waals surface area contributed by atoms with Crippen molar-refractivity contribution in [3.05, 3.63) is 36.0 Å². The van der Waals surface area contributed by atoms with E-state index in [9.17, 15) is 19.2 Å². The number of nitrogens with zero attached hydrogens (tertiary/aromatic N) is 1. The number of fused-ring (bicyclic) bond motifs is 1. The number of nitrogens with one attached hydrogen (secondary N) is 3. The van der Waals surface area contributed by atoms with Gasteiger partial charge in [0.15, 0.2) is 5.78 Å². The molecule has 1 aliphatic heterocycles. The van der Waals surface area contributed by atoms with Gasteiger partial charge >= 0.3 is 0 Å². The Balaban J connectivity index is 1.78. The Labute approximate surface area is 198 Å². The van der Waals surface area contributed by atoms with E-state index in [0.29, 0.717) is 25.1 Å². The van der Waals surface area contributed by atoms with Crippen molar-refractivity contribution in [1.29, 1.82) is 0 Å². The highest BCUT2D eigenvalue weighted by Gasteiger charge is 2.34. The summed E-state index contributed by atoms with van der Waals surface area (Å²) in [5.74, 6) is -1.71. The van der Waals surface area contributed by atoms with Crippen LogP contribution in [0.5, 0.6) is 0 Å². The molecule has 0 saturated carbocycles. The molecule has 3 amide bonds. The maximum absolute atomic E-state index is 13.3. The van der Waals surface area contributed by atoms with Gasteiger partial charge in [0.1, 0.15) is 11.7 Å². The first-order chi connectivity index (χ1) is 15.7. The molecule has 8 nitrogen and oxygen atoms in total. The van der Waals surface area contributed by atoms with Crippen LogP contribution >= 0.6 is 11.6 Å². The average molecular weight is 475 g/mol. The Morgan fingerprint density at radius 3 is 2.58 bits per heavy atom. The molecule has 1 unspecified atom stereocenters. The van der Waals surface area contributed by atoms with Crippen LogP contribution in [0.25, 0.3) is 10.9 Å². The molecule has 1 aliphatic rings. The maximum atomic E-state index is 13.3. The lowest BCUT2D eigenvalue weighted by Gasteiger charge is -2.30. The van der Waals surface area contributed by atoms with Crippen molar-refractivity contribution in [3.63, 3.8) is 0 Å². The van der Waals surface area contributed by atoms with E-state index < -0.39 is 18.0 Å². The lowest BCUT2D eigenvalue weighted by molar-refractivity contribution is -0.131. The van der Waals surface area contributed by atoms with Crippen molar-refractivity contribution >= 4 is 46.0 Å². The summed E-state index contributed by atoms with van der Waals surface area (Å²) in [4.78, 5) is 55.5. The van der Waals surface area contributed by atoms with Gasteiger partial charge in [0.2, 0.25) is 11.8 Å². The number of hydrogen-bond donors (Lipinski definition) is 3. The third-order valence-corrected chi connectivity index (χ3v) is 6.33. The van der Waals surface area contributed by atoms with Crippen LogP contribution in [0.2, 0.25) is 0 Å². The zero-order valence-electron chi connectivity index (χ0n) is 19.2. The molecule has 1 aromatic heterocycles. The first kappa shape index (κ1) is 24.8. The number of Topliss-reactive ketones (excluding diaryl/α,β-unsaturated/α-hetero) is 1. The summed E-state index contributed by atoms with van der Waals surface area (Å²) in [6.45, 7) is 4.48. The third-order valence-electron chi connectivity index (χ3n) is 6.07. The van der Waals surface area contributed by atoms with Crippen LogP contribution in [-0.4, -0.2) is 64.9 Å². The SMILES string of the molecule is CC(C)C[C@H](C(=O)N[C@@H](CC1CCNC1=O)C(=O)CCl)N(C)C(=O)c1cc2ccccc2[nH]1. The number of para-hydroxylation sites is 1. The zero-order chi connectivity index (χ0) is 24.1. The van der Waals surface area contributed by atoms with E-state index in [1.54, 1.807) is 13.1 Å². The Kier molecular flexibility index (Phi) is 8.13. The molecular formula is C24H31ClN4O4. The quantitative estimate of drug-likeness (QED) is 0.459. The van der Waals surface area contributed by atoms with Crippen LogP contribution in [0, 0.1) is 11.8 Å². The highest BCUT2D eigenvalue weighted by atomic mass is 35.5. The van der Waals surface area contributed by atoms with Crippen molar-refractivity contribution < 1.29 is 19.2 Å². The number of hydrogen-bond acceptors (Lipinski definition) is 4. The average Bonchev–Trinajstić information content (AvgIpc) is 3.41. The minimum Gasteiger partial charge on any atom is -0.356 e. The van der Waals surface area contributed by atoms with Crippen molar-refractivity contribution in [2.45, 2.75) is 45.2 Å². The van der Waals surface area contributed by atoms with Gasteiger partial charge in [0.05, 0.1) is 11.9 Å². The number of aromatic nitrogens is 1. The first-order valence-electron chi connectivity index (χ1n) is 11.2. The first-order valence-corrected chi connectivity index (χ1v) is 11.8. The second-order valence-corrected chi connectivity index (χ2v) is 9.27. The van der Waals surface area contributed by atoms with E-state index in [1.807, 2.05) is 38.1 Å². The van der Waals surface area contributed by atoms with Crippen LogP contribution in [0.15, 0.2) is 30.3 Å². The fourth-order valence-electron chi connectivity index (χ4n) is 4.19. The molecule has 1 saturated heterocycles. The number of benzene rings is 1. The van der Waals surface area contributed by atoms with E-state index in [0.717, 1.165) is 10.9 Å².